The molecule has 1 heterocycles. The molecule has 8 heteroatoms. The molecular weight excluding hydrogens is 398 g/mol. The lowest BCUT2D eigenvalue weighted by Gasteiger charge is -2.28. The minimum atomic E-state index is -3.44. The van der Waals surface area contributed by atoms with Crippen LogP contribution < -0.4 is 10.6 Å². The molecule has 0 aromatic heterocycles. The Kier molecular flexibility index (Phi) is 10.4. The van der Waals surface area contributed by atoms with Crippen LogP contribution in [-0.2, 0) is 21.4 Å². The van der Waals surface area contributed by atoms with Crippen molar-refractivity contribution in [3.05, 3.63) is 29.8 Å². The van der Waals surface area contributed by atoms with Gasteiger partial charge in [0, 0.05) is 26.1 Å². The van der Waals surface area contributed by atoms with Gasteiger partial charge in [0.1, 0.15) is 0 Å². The van der Waals surface area contributed by atoms with Crippen molar-refractivity contribution in [1.29, 1.82) is 0 Å². The lowest BCUT2D eigenvalue weighted by atomic mass is 9.85. The van der Waals surface area contributed by atoms with Crippen LogP contribution in [-0.4, -0.2) is 44.8 Å². The molecule has 1 amide bonds. The maximum absolute atomic E-state index is 12.5. The summed E-state index contributed by atoms with van der Waals surface area (Å²) in [5.41, 5.74) is 0.897. The van der Waals surface area contributed by atoms with E-state index in [0.29, 0.717) is 42.8 Å². The maximum atomic E-state index is 12.5. The van der Waals surface area contributed by atoms with Crippen LogP contribution in [0.25, 0.3) is 0 Å². The molecule has 1 aromatic carbocycles. The Morgan fingerprint density at radius 1 is 1.25 bits per heavy atom. The molecule has 2 unspecified atom stereocenters. The summed E-state index contributed by atoms with van der Waals surface area (Å²) in [5, 5.41) is 6.35. The van der Waals surface area contributed by atoms with Crippen LogP contribution in [0, 0.1) is 11.8 Å². The summed E-state index contributed by atoms with van der Waals surface area (Å²) in [6.07, 6.45) is 2.89. The number of hydrogen-bond donors (Lipinski definition) is 2. The Bertz CT molecular complexity index is 700. The number of hydrogen-bond acceptors (Lipinski definition) is 4. The number of piperidine rings is 1. The molecule has 1 saturated heterocycles. The molecule has 1 aromatic rings. The van der Waals surface area contributed by atoms with E-state index in [1.54, 1.807) is 24.3 Å². The number of nitrogens with one attached hydrogen (secondary N) is 2. The van der Waals surface area contributed by atoms with Crippen LogP contribution in [0.4, 0.5) is 0 Å². The second kappa shape index (κ2) is 11.8. The zero-order valence-electron chi connectivity index (χ0n) is 17.1. The van der Waals surface area contributed by atoms with Gasteiger partial charge < -0.3 is 10.6 Å². The second-order valence-electron chi connectivity index (χ2n) is 7.30. The predicted octanol–water partition coefficient (Wildman–Crippen LogP) is 2.78. The highest BCUT2D eigenvalue weighted by Gasteiger charge is 2.22. The van der Waals surface area contributed by atoms with E-state index in [2.05, 4.69) is 17.6 Å². The molecule has 28 heavy (non-hydrogen) atoms. The van der Waals surface area contributed by atoms with E-state index in [4.69, 9.17) is 0 Å². The number of rotatable bonds is 9. The van der Waals surface area contributed by atoms with E-state index in [-0.39, 0.29) is 18.3 Å². The molecule has 2 rings (SSSR count). The van der Waals surface area contributed by atoms with Gasteiger partial charge in [-0.25, -0.2) is 8.42 Å². The van der Waals surface area contributed by atoms with Crippen LogP contribution in [0.2, 0.25) is 0 Å². The van der Waals surface area contributed by atoms with Gasteiger partial charge in [0.05, 0.1) is 4.90 Å². The third kappa shape index (κ3) is 6.72. The lowest BCUT2D eigenvalue weighted by Crippen LogP contribution is -2.35. The molecule has 0 spiro atoms. The first kappa shape index (κ1) is 24.9. The third-order valence-electron chi connectivity index (χ3n) is 5.40. The second-order valence-corrected chi connectivity index (χ2v) is 9.24. The molecule has 2 N–H and O–H groups in total. The van der Waals surface area contributed by atoms with Gasteiger partial charge in [-0.2, -0.15) is 4.31 Å². The summed E-state index contributed by atoms with van der Waals surface area (Å²) < 4.78 is 26.4. The van der Waals surface area contributed by atoms with E-state index in [1.165, 1.54) is 17.1 Å². The van der Waals surface area contributed by atoms with Gasteiger partial charge in [0.15, 0.2) is 0 Å². The zero-order valence-corrected chi connectivity index (χ0v) is 18.7. The first-order valence-corrected chi connectivity index (χ1v) is 11.4. The molecule has 0 aliphatic carbocycles. The normalized spacial score (nSPS) is 18.4. The molecule has 1 aliphatic rings. The van der Waals surface area contributed by atoms with E-state index in [9.17, 15) is 13.2 Å². The molecule has 2 atom stereocenters. The monoisotopic (exact) mass is 431 g/mol. The minimum Gasteiger partial charge on any atom is -0.352 e. The van der Waals surface area contributed by atoms with Crippen LogP contribution >= 0.6 is 12.4 Å². The minimum absolute atomic E-state index is 0. The molecule has 0 bridgehead atoms. The van der Waals surface area contributed by atoms with E-state index in [0.717, 1.165) is 18.7 Å². The van der Waals surface area contributed by atoms with Crippen LogP contribution in [0.1, 0.15) is 45.6 Å². The molecule has 160 valence electrons. The molecule has 0 radical (unpaired) electrons. The SMILES string of the molecule is CCN(CC)S(=O)(=O)c1ccc(CNC(=O)CC(C)C2CCCNC2)cc1.Cl. The summed E-state index contributed by atoms with van der Waals surface area (Å²) in [5.74, 6) is 0.973. The quantitative estimate of drug-likeness (QED) is 0.630. The Morgan fingerprint density at radius 2 is 1.89 bits per heavy atom. The summed E-state index contributed by atoms with van der Waals surface area (Å²) in [6, 6.07) is 6.77. The molecular formula is C20H34ClN3O3S. The Balaban J connectivity index is 0.00000392. The molecule has 1 fully saturated rings. The Morgan fingerprint density at radius 3 is 2.43 bits per heavy atom. The van der Waals surface area contributed by atoms with Gasteiger partial charge in [-0.3, -0.25) is 4.79 Å². The van der Waals surface area contributed by atoms with Crippen LogP contribution in [0.3, 0.4) is 0 Å². The summed E-state index contributed by atoms with van der Waals surface area (Å²) in [4.78, 5) is 12.5. The van der Waals surface area contributed by atoms with Gasteiger partial charge in [-0.15, -0.1) is 12.4 Å². The summed E-state index contributed by atoms with van der Waals surface area (Å²) >= 11 is 0. The van der Waals surface area contributed by atoms with Gasteiger partial charge >= 0.3 is 0 Å². The van der Waals surface area contributed by atoms with Gasteiger partial charge in [-0.1, -0.05) is 32.9 Å². The van der Waals surface area contributed by atoms with Crippen molar-refractivity contribution < 1.29 is 13.2 Å². The average Bonchev–Trinajstić information content (AvgIpc) is 2.68. The topological polar surface area (TPSA) is 78.5 Å². The number of carbonyl (C=O) groups excluding carboxylic acids is 1. The van der Waals surface area contributed by atoms with Crippen LogP contribution in [0.5, 0.6) is 0 Å². The number of sulfonamides is 1. The van der Waals surface area contributed by atoms with Crippen molar-refractivity contribution in [3.63, 3.8) is 0 Å². The fourth-order valence-electron chi connectivity index (χ4n) is 3.59. The fourth-order valence-corrected chi connectivity index (χ4v) is 5.05. The Labute approximate surface area is 175 Å². The first-order valence-electron chi connectivity index (χ1n) is 9.95. The van der Waals surface area contributed by atoms with Crippen molar-refractivity contribution in [2.75, 3.05) is 26.2 Å². The fraction of sp³-hybridized carbons (Fsp3) is 0.650. The van der Waals surface area contributed by atoms with E-state index < -0.39 is 10.0 Å². The summed E-state index contributed by atoms with van der Waals surface area (Å²) in [7, 11) is -3.44. The molecule has 1 aliphatic heterocycles. The van der Waals surface area contributed by atoms with Gasteiger partial charge in [-0.05, 0) is 55.5 Å². The standard InChI is InChI=1S/C20H33N3O3S.ClH/c1-4-23(5-2)27(25,26)19-10-8-17(9-11-19)14-22-20(24)13-16(3)18-7-6-12-21-15-18;/h8-11,16,18,21H,4-7,12-15H2,1-3H3,(H,22,24);1H. The van der Waals surface area contributed by atoms with Gasteiger partial charge in [0.25, 0.3) is 0 Å². The van der Waals surface area contributed by atoms with Crippen molar-refractivity contribution in [2.24, 2.45) is 11.8 Å². The van der Waals surface area contributed by atoms with Crippen molar-refractivity contribution >= 4 is 28.3 Å². The van der Waals surface area contributed by atoms with Crippen LogP contribution in [0.15, 0.2) is 29.2 Å². The Hall–Kier alpha value is -1.15. The number of amides is 1. The van der Waals surface area contributed by atoms with Crippen molar-refractivity contribution in [1.82, 2.24) is 14.9 Å². The number of carbonyl (C=O) groups is 1. The first-order chi connectivity index (χ1) is 12.9. The summed E-state index contributed by atoms with van der Waals surface area (Å²) in [6.45, 7) is 9.19. The average molecular weight is 432 g/mol. The predicted molar refractivity (Wildman–Crippen MR) is 115 cm³/mol. The van der Waals surface area contributed by atoms with Crippen molar-refractivity contribution in [2.45, 2.75) is 51.5 Å². The zero-order chi connectivity index (χ0) is 19.9. The highest BCUT2D eigenvalue weighted by Crippen LogP contribution is 2.22. The number of benzene rings is 1. The van der Waals surface area contributed by atoms with E-state index >= 15 is 0 Å². The number of halogens is 1. The highest BCUT2D eigenvalue weighted by molar-refractivity contribution is 7.89. The largest absolute Gasteiger partial charge is 0.352 e. The molecule has 6 nitrogen and oxygen atoms in total. The van der Waals surface area contributed by atoms with Gasteiger partial charge in [0.2, 0.25) is 15.9 Å². The third-order valence-corrected chi connectivity index (χ3v) is 7.47. The smallest absolute Gasteiger partial charge is 0.243 e. The molecule has 0 saturated carbocycles. The van der Waals surface area contributed by atoms with Crippen molar-refractivity contribution in [3.8, 4) is 0 Å². The van der Waals surface area contributed by atoms with E-state index in [1.807, 2.05) is 13.8 Å². The number of nitrogens with zero attached hydrogens (tertiary/aromatic N) is 1. The highest BCUT2D eigenvalue weighted by atomic mass is 35.5. The maximum Gasteiger partial charge on any atom is 0.243 e. The lowest BCUT2D eigenvalue weighted by molar-refractivity contribution is -0.122.